The normalized spacial score (nSPS) is 13.1. The van der Waals surface area contributed by atoms with Crippen LogP contribution in [-0.2, 0) is 27.3 Å². The Morgan fingerprint density at radius 1 is 1.14 bits per heavy atom. The topological polar surface area (TPSA) is 118 Å². The van der Waals surface area contributed by atoms with E-state index in [-0.39, 0.29) is 56.9 Å². The number of methoxy groups -OCH3 is 1. The number of carbonyl (C=O) groups is 3. The SMILES string of the molecule is COC(=O)CN1CCN(C(=O)Nc2c(C)nc(CC(C)C)c(CN)c2-c2ccc(C)cc2)CC1=O.Cl.Cl. The second-order valence-corrected chi connectivity index (χ2v) is 9.28. The lowest BCUT2D eigenvalue weighted by atomic mass is 9.92. The second-order valence-electron chi connectivity index (χ2n) is 9.28. The van der Waals surface area contributed by atoms with Crippen molar-refractivity contribution >= 4 is 48.4 Å². The molecular formula is C26H37Cl2N5O4. The van der Waals surface area contributed by atoms with E-state index in [0.717, 1.165) is 34.4 Å². The molecule has 2 heterocycles. The fourth-order valence-electron chi connectivity index (χ4n) is 4.22. The smallest absolute Gasteiger partial charge is 0.325 e. The number of hydrogen-bond acceptors (Lipinski definition) is 6. The molecule has 3 rings (SSSR count). The van der Waals surface area contributed by atoms with Crippen molar-refractivity contribution < 1.29 is 19.1 Å². The Bertz CT molecular complexity index is 1110. The lowest BCUT2D eigenvalue weighted by molar-refractivity contribution is -0.148. The van der Waals surface area contributed by atoms with Gasteiger partial charge < -0.3 is 25.6 Å². The molecule has 1 aromatic heterocycles. The second kappa shape index (κ2) is 14.2. The standard InChI is InChI=1S/C26H35N5O4.2ClH/c1-16(2)12-21-20(13-27)24(19-8-6-17(3)7-9-19)25(18(4)28-21)29-26(34)31-11-10-30(22(32)14-31)15-23(33)35-5;;/h6-9,16H,10-15,27H2,1-5H3,(H,29,34);2*1H. The summed E-state index contributed by atoms with van der Waals surface area (Å²) >= 11 is 0. The number of urea groups is 1. The third kappa shape index (κ3) is 7.80. The van der Waals surface area contributed by atoms with E-state index in [9.17, 15) is 14.4 Å². The molecule has 204 valence electrons. The number of rotatable bonds is 7. The summed E-state index contributed by atoms with van der Waals surface area (Å²) in [6, 6.07) is 7.70. The van der Waals surface area contributed by atoms with Gasteiger partial charge in [0.2, 0.25) is 5.91 Å². The average Bonchev–Trinajstić information content (AvgIpc) is 2.81. The Morgan fingerprint density at radius 3 is 2.32 bits per heavy atom. The first kappa shape index (κ1) is 32.1. The number of nitrogens with two attached hydrogens (primary N) is 1. The molecule has 0 bridgehead atoms. The predicted molar refractivity (Wildman–Crippen MR) is 149 cm³/mol. The first-order chi connectivity index (χ1) is 16.6. The molecule has 0 radical (unpaired) electrons. The van der Waals surface area contributed by atoms with E-state index in [1.165, 1.54) is 16.9 Å². The molecule has 1 aliphatic heterocycles. The van der Waals surface area contributed by atoms with Crippen molar-refractivity contribution in [3.63, 3.8) is 0 Å². The molecule has 3 N–H and O–H groups in total. The van der Waals surface area contributed by atoms with Crippen LogP contribution in [0.1, 0.15) is 36.4 Å². The number of aromatic nitrogens is 1. The summed E-state index contributed by atoms with van der Waals surface area (Å²) in [7, 11) is 1.28. The number of nitrogens with zero attached hydrogens (tertiary/aromatic N) is 3. The van der Waals surface area contributed by atoms with E-state index in [0.29, 0.717) is 23.8 Å². The Kier molecular flexibility index (Phi) is 12.3. The summed E-state index contributed by atoms with van der Waals surface area (Å²) in [6.07, 6.45) is 0.775. The lowest BCUT2D eigenvalue weighted by Crippen LogP contribution is -2.54. The van der Waals surface area contributed by atoms with Crippen molar-refractivity contribution in [2.75, 3.05) is 38.6 Å². The van der Waals surface area contributed by atoms with Crippen LogP contribution in [0, 0.1) is 19.8 Å². The van der Waals surface area contributed by atoms with Gasteiger partial charge in [-0.05, 0) is 37.3 Å². The number of benzene rings is 1. The van der Waals surface area contributed by atoms with Gasteiger partial charge in [0, 0.05) is 30.9 Å². The highest BCUT2D eigenvalue weighted by Gasteiger charge is 2.30. The highest BCUT2D eigenvalue weighted by molar-refractivity contribution is 5.98. The molecule has 11 heteroatoms. The van der Waals surface area contributed by atoms with Gasteiger partial charge >= 0.3 is 12.0 Å². The zero-order valence-electron chi connectivity index (χ0n) is 22.0. The van der Waals surface area contributed by atoms with Gasteiger partial charge in [-0.15, -0.1) is 24.8 Å². The van der Waals surface area contributed by atoms with Crippen LogP contribution in [0.2, 0.25) is 0 Å². The van der Waals surface area contributed by atoms with Crippen molar-refractivity contribution in [1.29, 1.82) is 0 Å². The van der Waals surface area contributed by atoms with Gasteiger partial charge in [-0.2, -0.15) is 0 Å². The van der Waals surface area contributed by atoms with Crippen molar-refractivity contribution in [3.8, 4) is 11.1 Å². The zero-order chi connectivity index (χ0) is 25.7. The summed E-state index contributed by atoms with van der Waals surface area (Å²) in [5.41, 5.74) is 12.3. The van der Waals surface area contributed by atoms with Gasteiger partial charge in [0.25, 0.3) is 0 Å². The maximum absolute atomic E-state index is 13.2. The third-order valence-electron chi connectivity index (χ3n) is 6.10. The molecule has 0 atom stereocenters. The van der Waals surface area contributed by atoms with Crippen LogP contribution in [-0.4, -0.2) is 66.0 Å². The number of piperazine rings is 1. The van der Waals surface area contributed by atoms with E-state index in [4.69, 9.17) is 10.7 Å². The van der Waals surface area contributed by atoms with Gasteiger partial charge in [-0.3, -0.25) is 14.6 Å². The third-order valence-corrected chi connectivity index (χ3v) is 6.10. The highest BCUT2D eigenvalue weighted by atomic mass is 35.5. The van der Waals surface area contributed by atoms with Crippen molar-refractivity contribution in [3.05, 3.63) is 46.8 Å². The van der Waals surface area contributed by atoms with Crippen LogP contribution >= 0.6 is 24.8 Å². The van der Waals surface area contributed by atoms with Crippen molar-refractivity contribution in [2.45, 2.75) is 40.7 Å². The van der Waals surface area contributed by atoms with Gasteiger partial charge in [-0.1, -0.05) is 43.7 Å². The lowest BCUT2D eigenvalue weighted by Gasteiger charge is -2.34. The Balaban J connectivity index is 0.00000342. The Labute approximate surface area is 230 Å². The molecule has 0 aliphatic carbocycles. The molecule has 37 heavy (non-hydrogen) atoms. The van der Waals surface area contributed by atoms with Crippen LogP contribution in [0.4, 0.5) is 10.5 Å². The number of esters is 1. The summed E-state index contributed by atoms with van der Waals surface area (Å²) < 4.78 is 4.64. The summed E-state index contributed by atoms with van der Waals surface area (Å²) in [5.74, 6) is -0.400. The number of hydrogen-bond donors (Lipinski definition) is 2. The van der Waals surface area contributed by atoms with Crippen LogP contribution in [0.15, 0.2) is 24.3 Å². The predicted octanol–water partition coefficient (Wildman–Crippen LogP) is 3.72. The summed E-state index contributed by atoms with van der Waals surface area (Å²) in [6.45, 7) is 8.76. The van der Waals surface area contributed by atoms with Crippen LogP contribution in [0.25, 0.3) is 11.1 Å². The van der Waals surface area contributed by atoms with E-state index in [2.05, 4.69) is 23.9 Å². The molecule has 2 aromatic rings. The number of amides is 3. The number of nitrogens with one attached hydrogen (secondary N) is 1. The molecular weight excluding hydrogens is 517 g/mol. The van der Waals surface area contributed by atoms with Gasteiger partial charge in [0.05, 0.1) is 18.5 Å². The highest BCUT2D eigenvalue weighted by Crippen LogP contribution is 2.36. The molecule has 1 fully saturated rings. The first-order valence-electron chi connectivity index (χ1n) is 11.8. The fraction of sp³-hybridized carbons (Fsp3) is 0.462. The van der Waals surface area contributed by atoms with E-state index in [1.54, 1.807) is 0 Å². The van der Waals surface area contributed by atoms with Crippen molar-refractivity contribution in [1.82, 2.24) is 14.8 Å². The van der Waals surface area contributed by atoms with Crippen LogP contribution in [0.3, 0.4) is 0 Å². The monoisotopic (exact) mass is 553 g/mol. The minimum absolute atomic E-state index is 0. The van der Waals surface area contributed by atoms with Crippen LogP contribution < -0.4 is 11.1 Å². The summed E-state index contributed by atoms with van der Waals surface area (Å²) in [5, 5.41) is 3.01. The van der Waals surface area contributed by atoms with E-state index < -0.39 is 12.0 Å². The Morgan fingerprint density at radius 2 is 1.78 bits per heavy atom. The molecule has 0 spiro atoms. The quantitative estimate of drug-likeness (QED) is 0.504. The maximum Gasteiger partial charge on any atom is 0.325 e. The molecule has 1 saturated heterocycles. The minimum Gasteiger partial charge on any atom is -0.468 e. The molecule has 1 aromatic carbocycles. The molecule has 3 amide bonds. The fourth-order valence-corrected chi connectivity index (χ4v) is 4.22. The van der Waals surface area contributed by atoms with Gasteiger partial charge in [0.1, 0.15) is 13.1 Å². The zero-order valence-corrected chi connectivity index (χ0v) is 23.6. The van der Waals surface area contributed by atoms with E-state index >= 15 is 0 Å². The molecule has 1 aliphatic rings. The van der Waals surface area contributed by atoms with Gasteiger partial charge in [0.15, 0.2) is 0 Å². The molecule has 9 nitrogen and oxygen atoms in total. The minimum atomic E-state index is -0.489. The molecule has 0 saturated carbocycles. The Hall–Kier alpha value is -2.88. The molecule has 0 unspecified atom stereocenters. The average molecular weight is 555 g/mol. The number of aryl methyl sites for hydroxylation is 2. The van der Waals surface area contributed by atoms with Gasteiger partial charge in [-0.25, -0.2) is 4.79 Å². The van der Waals surface area contributed by atoms with Crippen LogP contribution in [0.5, 0.6) is 0 Å². The number of ether oxygens (including phenoxy) is 1. The maximum atomic E-state index is 13.2. The van der Waals surface area contributed by atoms with E-state index in [1.807, 2.05) is 38.1 Å². The first-order valence-corrected chi connectivity index (χ1v) is 11.8. The number of pyridine rings is 1. The van der Waals surface area contributed by atoms with Crippen molar-refractivity contribution in [2.24, 2.45) is 11.7 Å². The number of anilines is 1. The summed E-state index contributed by atoms with van der Waals surface area (Å²) in [4.78, 5) is 45.0. The number of halogens is 2. The largest absolute Gasteiger partial charge is 0.468 e. The number of carbonyl (C=O) groups excluding carboxylic acids is 3.